The second-order valence-electron chi connectivity index (χ2n) is 5.91. The lowest BCUT2D eigenvalue weighted by Crippen LogP contribution is -2.35. The van der Waals surface area contributed by atoms with Crippen molar-refractivity contribution in [2.24, 2.45) is 5.10 Å². The van der Waals surface area contributed by atoms with Gasteiger partial charge in [0, 0.05) is 12.6 Å². The zero-order valence-electron chi connectivity index (χ0n) is 14.9. The summed E-state index contributed by atoms with van der Waals surface area (Å²) in [7, 11) is 0. The van der Waals surface area contributed by atoms with Crippen molar-refractivity contribution in [1.82, 2.24) is 9.91 Å². The summed E-state index contributed by atoms with van der Waals surface area (Å²) in [4.78, 5) is 37.3. The first kappa shape index (κ1) is 20.0. The van der Waals surface area contributed by atoms with Gasteiger partial charge in [0.2, 0.25) is 0 Å². The Labute approximate surface area is 170 Å². The third kappa shape index (κ3) is 4.23. The van der Waals surface area contributed by atoms with Gasteiger partial charge in [-0.05, 0) is 12.5 Å². The molecule has 0 radical (unpaired) electrons. The van der Waals surface area contributed by atoms with E-state index >= 15 is 0 Å². The van der Waals surface area contributed by atoms with Crippen molar-refractivity contribution in [2.45, 2.75) is 19.4 Å². The van der Waals surface area contributed by atoms with Crippen LogP contribution in [0.3, 0.4) is 0 Å². The van der Waals surface area contributed by atoms with E-state index in [0.717, 1.165) is 22.2 Å². The molecule has 1 N–H and O–H groups in total. The standard InChI is InChI=1S/C18H17N3O5S2/c1-2-26-15(22)10-20-16(23)14(28-18(20)27)9-21-13(17(24)25)8-12(19-21)11-6-4-3-5-7-11/h3-7,9,13H,2,8,10H2,1H3,(H,24,25)/b14-9-/t13-/m1/s1. The molecular weight excluding hydrogens is 402 g/mol. The third-order valence-corrected chi connectivity index (χ3v) is 5.42. The molecule has 1 saturated heterocycles. The predicted octanol–water partition coefficient (Wildman–Crippen LogP) is 1.81. The van der Waals surface area contributed by atoms with E-state index in [4.69, 9.17) is 17.0 Å². The number of carbonyl (C=O) groups excluding carboxylic acids is 2. The van der Waals surface area contributed by atoms with Crippen molar-refractivity contribution in [1.29, 1.82) is 0 Å². The number of aliphatic carboxylic acids is 1. The Morgan fingerprint density at radius 1 is 1.39 bits per heavy atom. The molecule has 0 bridgehead atoms. The first-order chi connectivity index (χ1) is 13.4. The summed E-state index contributed by atoms with van der Waals surface area (Å²) in [5.74, 6) is -2.09. The normalized spacial score (nSPS) is 20.7. The smallest absolute Gasteiger partial charge is 0.328 e. The Morgan fingerprint density at radius 2 is 2.11 bits per heavy atom. The molecule has 3 rings (SSSR count). The lowest BCUT2D eigenvalue weighted by molar-refractivity contribution is -0.145. The van der Waals surface area contributed by atoms with E-state index in [1.807, 2.05) is 30.3 Å². The number of benzene rings is 1. The van der Waals surface area contributed by atoms with Gasteiger partial charge in [-0.25, -0.2) is 4.79 Å². The summed E-state index contributed by atoms with van der Waals surface area (Å²) in [6, 6.07) is 8.32. The number of amides is 1. The first-order valence-corrected chi connectivity index (χ1v) is 9.68. The topological polar surface area (TPSA) is 99.5 Å². The maximum Gasteiger partial charge on any atom is 0.328 e. The van der Waals surface area contributed by atoms with Crippen LogP contribution in [-0.2, 0) is 19.1 Å². The van der Waals surface area contributed by atoms with Gasteiger partial charge < -0.3 is 9.84 Å². The molecule has 28 heavy (non-hydrogen) atoms. The molecular formula is C18H17N3O5S2. The molecule has 0 saturated carbocycles. The summed E-state index contributed by atoms with van der Waals surface area (Å²) in [5.41, 5.74) is 1.44. The van der Waals surface area contributed by atoms with Crippen molar-refractivity contribution in [3.63, 3.8) is 0 Å². The van der Waals surface area contributed by atoms with Gasteiger partial charge in [0.25, 0.3) is 5.91 Å². The number of ether oxygens (including phenoxy) is 1. The SMILES string of the molecule is CCOC(=O)CN1C(=O)/C(=C/N2N=C(c3ccccc3)C[C@@H]2C(=O)O)SC1=S. The molecule has 1 aromatic carbocycles. The summed E-state index contributed by atoms with van der Waals surface area (Å²) < 4.78 is 5.06. The van der Waals surface area contributed by atoms with E-state index in [1.165, 1.54) is 11.2 Å². The van der Waals surface area contributed by atoms with Gasteiger partial charge in [-0.1, -0.05) is 54.3 Å². The fourth-order valence-corrected chi connectivity index (χ4v) is 3.96. The molecule has 1 aromatic rings. The van der Waals surface area contributed by atoms with Gasteiger partial charge in [0.05, 0.1) is 17.2 Å². The van der Waals surface area contributed by atoms with E-state index in [0.29, 0.717) is 5.71 Å². The van der Waals surface area contributed by atoms with Crippen LogP contribution in [0.1, 0.15) is 18.9 Å². The van der Waals surface area contributed by atoms with E-state index in [9.17, 15) is 19.5 Å². The second-order valence-corrected chi connectivity index (χ2v) is 7.58. The molecule has 0 aromatic heterocycles. The number of carboxylic acids is 1. The van der Waals surface area contributed by atoms with Gasteiger partial charge in [0.15, 0.2) is 6.04 Å². The lowest BCUT2D eigenvalue weighted by atomic mass is 10.0. The molecule has 1 atom stereocenters. The van der Waals surface area contributed by atoms with Gasteiger partial charge in [0.1, 0.15) is 10.9 Å². The van der Waals surface area contributed by atoms with Gasteiger partial charge in [-0.3, -0.25) is 19.5 Å². The summed E-state index contributed by atoms with van der Waals surface area (Å²) in [5, 5.41) is 15.2. The second kappa shape index (κ2) is 8.53. The number of rotatable bonds is 6. The number of hydrogen-bond acceptors (Lipinski definition) is 8. The van der Waals surface area contributed by atoms with Crippen molar-refractivity contribution < 1.29 is 24.2 Å². The average Bonchev–Trinajstić information content (AvgIpc) is 3.20. The van der Waals surface area contributed by atoms with Crippen molar-refractivity contribution in [2.75, 3.05) is 13.2 Å². The maximum atomic E-state index is 12.6. The first-order valence-electron chi connectivity index (χ1n) is 8.46. The zero-order valence-corrected chi connectivity index (χ0v) is 16.5. The highest BCUT2D eigenvalue weighted by Crippen LogP contribution is 2.33. The van der Waals surface area contributed by atoms with Crippen LogP contribution in [0.4, 0.5) is 0 Å². The number of hydrogen-bond donors (Lipinski definition) is 1. The lowest BCUT2D eigenvalue weighted by Gasteiger charge is -2.16. The van der Waals surface area contributed by atoms with E-state index in [2.05, 4.69) is 5.10 Å². The number of carboxylic acid groups (broad SMARTS) is 1. The maximum absolute atomic E-state index is 12.6. The average molecular weight is 419 g/mol. The van der Waals surface area contributed by atoms with Gasteiger partial charge in [-0.2, -0.15) is 5.10 Å². The Kier molecular flexibility index (Phi) is 6.10. The molecule has 0 unspecified atom stereocenters. The van der Waals surface area contributed by atoms with E-state index in [-0.39, 0.29) is 28.8 Å². The molecule has 0 aliphatic carbocycles. The summed E-state index contributed by atoms with van der Waals surface area (Å²) in [6.07, 6.45) is 1.58. The molecule has 8 nitrogen and oxygen atoms in total. The minimum Gasteiger partial charge on any atom is -0.480 e. The van der Waals surface area contributed by atoms with Crippen molar-refractivity contribution in [3.05, 3.63) is 47.0 Å². The molecule has 146 valence electrons. The highest BCUT2D eigenvalue weighted by atomic mass is 32.2. The fourth-order valence-electron chi connectivity index (χ4n) is 2.73. The van der Waals surface area contributed by atoms with Crippen LogP contribution in [0.25, 0.3) is 0 Å². The van der Waals surface area contributed by atoms with Crippen molar-refractivity contribution >= 4 is 51.9 Å². The minimum absolute atomic E-state index is 0.203. The fraction of sp³-hybridized carbons (Fsp3) is 0.278. The monoisotopic (exact) mass is 419 g/mol. The van der Waals surface area contributed by atoms with Crippen LogP contribution >= 0.6 is 24.0 Å². The summed E-state index contributed by atoms with van der Waals surface area (Å²) in [6.45, 7) is 1.59. The highest BCUT2D eigenvalue weighted by Gasteiger charge is 2.37. The van der Waals surface area contributed by atoms with E-state index < -0.39 is 23.9 Å². The molecule has 0 spiro atoms. The summed E-state index contributed by atoms with van der Waals surface area (Å²) >= 11 is 6.16. The Bertz CT molecular complexity index is 884. The molecule has 1 fully saturated rings. The van der Waals surface area contributed by atoms with Crippen molar-refractivity contribution in [3.8, 4) is 0 Å². The molecule has 2 aliphatic rings. The van der Waals surface area contributed by atoms with Crippen LogP contribution in [-0.4, -0.2) is 62.1 Å². The van der Waals surface area contributed by atoms with Gasteiger partial charge >= 0.3 is 11.9 Å². The number of hydrazone groups is 1. The Morgan fingerprint density at radius 3 is 2.75 bits per heavy atom. The minimum atomic E-state index is -1.05. The Hall–Kier alpha value is -2.72. The zero-order chi connectivity index (χ0) is 20.3. The number of thiocarbonyl (C=S) groups is 1. The molecule has 2 heterocycles. The van der Waals surface area contributed by atoms with Crippen LogP contribution in [0.15, 0.2) is 46.5 Å². The molecule has 10 heteroatoms. The van der Waals surface area contributed by atoms with Crippen LogP contribution < -0.4 is 0 Å². The molecule has 2 aliphatic heterocycles. The molecule has 1 amide bonds. The number of thioether (sulfide) groups is 1. The predicted molar refractivity (Wildman–Crippen MR) is 107 cm³/mol. The van der Waals surface area contributed by atoms with Crippen LogP contribution in [0, 0.1) is 0 Å². The van der Waals surface area contributed by atoms with Gasteiger partial charge in [-0.15, -0.1) is 0 Å². The third-order valence-electron chi connectivity index (χ3n) is 4.05. The quantitative estimate of drug-likeness (QED) is 0.423. The number of nitrogens with zero attached hydrogens (tertiary/aromatic N) is 3. The van der Waals surface area contributed by atoms with Crippen LogP contribution in [0.5, 0.6) is 0 Å². The van der Waals surface area contributed by atoms with E-state index in [1.54, 1.807) is 6.92 Å². The highest BCUT2D eigenvalue weighted by molar-refractivity contribution is 8.26. The number of esters is 1. The Balaban J connectivity index is 1.83. The number of carbonyl (C=O) groups is 3. The largest absolute Gasteiger partial charge is 0.480 e. The van der Waals surface area contributed by atoms with Crippen LogP contribution in [0.2, 0.25) is 0 Å².